The summed E-state index contributed by atoms with van der Waals surface area (Å²) in [6.07, 6.45) is 3.55. The van der Waals surface area contributed by atoms with Crippen LogP contribution >= 0.6 is 0 Å². The van der Waals surface area contributed by atoms with Crippen LogP contribution in [0.15, 0.2) is 36.9 Å². The van der Waals surface area contributed by atoms with Crippen LogP contribution in [-0.2, 0) is 4.79 Å². The summed E-state index contributed by atoms with van der Waals surface area (Å²) in [5.41, 5.74) is 1.23. The lowest BCUT2D eigenvalue weighted by Gasteiger charge is -2.21. The highest BCUT2D eigenvalue weighted by atomic mass is 16.2. The molecule has 1 rings (SSSR count). The van der Waals surface area contributed by atoms with Crippen molar-refractivity contribution >= 4 is 17.5 Å². The Hall–Kier alpha value is -2.14. The van der Waals surface area contributed by atoms with Crippen LogP contribution in [0.3, 0.4) is 0 Å². The molecule has 23 heavy (non-hydrogen) atoms. The first-order chi connectivity index (χ1) is 11.1. The Morgan fingerprint density at radius 2 is 1.91 bits per heavy atom. The number of amides is 2. The average molecular weight is 317 g/mol. The lowest BCUT2D eigenvalue weighted by molar-refractivity contribution is -0.115. The van der Waals surface area contributed by atoms with E-state index in [2.05, 4.69) is 31.1 Å². The molecule has 0 unspecified atom stereocenters. The second kappa shape index (κ2) is 10.6. The highest BCUT2D eigenvalue weighted by molar-refractivity contribution is 5.97. The molecule has 0 aliphatic rings. The van der Waals surface area contributed by atoms with Gasteiger partial charge in [-0.25, -0.2) is 0 Å². The third kappa shape index (κ3) is 6.65. The topological polar surface area (TPSA) is 61.4 Å². The molecule has 1 aromatic carbocycles. The normalized spacial score (nSPS) is 10.2. The zero-order valence-corrected chi connectivity index (χ0v) is 14.1. The van der Waals surface area contributed by atoms with Crippen molar-refractivity contribution in [2.24, 2.45) is 0 Å². The Morgan fingerprint density at radius 1 is 1.22 bits per heavy atom. The van der Waals surface area contributed by atoms with E-state index in [1.807, 2.05) is 4.90 Å². The molecule has 2 amide bonds. The minimum atomic E-state index is -0.143. The van der Waals surface area contributed by atoms with Crippen molar-refractivity contribution in [3.8, 4) is 0 Å². The molecule has 0 saturated heterocycles. The number of carbonyl (C=O) groups is 2. The molecule has 0 saturated carbocycles. The van der Waals surface area contributed by atoms with Crippen LogP contribution in [0.4, 0.5) is 5.69 Å². The number of nitrogens with one attached hydrogen (secondary N) is 2. The van der Waals surface area contributed by atoms with E-state index in [1.54, 1.807) is 30.3 Å². The van der Waals surface area contributed by atoms with Gasteiger partial charge in [0.1, 0.15) is 0 Å². The molecule has 5 nitrogen and oxygen atoms in total. The van der Waals surface area contributed by atoms with Crippen LogP contribution < -0.4 is 10.6 Å². The Balaban J connectivity index is 2.72. The number of hydrogen-bond acceptors (Lipinski definition) is 3. The minimum absolute atomic E-state index is 0.00887. The molecular formula is C18H27N3O2. The Morgan fingerprint density at radius 3 is 2.52 bits per heavy atom. The van der Waals surface area contributed by atoms with E-state index in [0.29, 0.717) is 17.8 Å². The number of carbonyl (C=O) groups excluding carboxylic acids is 2. The van der Waals surface area contributed by atoms with Crippen LogP contribution in [-0.4, -0.2) is 42.9 Å². The van der Waals surface area contributed by atoms with Crippen molar-refractivity contribution in [3.05, 3.63) is 42.5 Å². The van der Waals surface area contributed by atoms with E-state index in [1.165, 1.54) is 0 Å². The van der Waals surface area contributed by atoms with Gasteiger partial charge in [-0.3, -0.25) is 9.59 Å². The van der Waals surface area contributed by atoms with Crippen LogP contribution in [0, 0.1) is 0 Å². The van der Waals surface area contributed by atoms with Gasteiger partial charge >= 0.3 is 0 Å². The number of anilines is 1. The summed E-state index contributed by atoms with van der Waals surface area (Å²) in [5, 5.41) is 5.73. The lowest BCUT2D eigenvalue weighted by atomic mass is 10.1. The maximum Gasteiger partial charge on any atom is 0.253 e. The van der Waals surface area contributed by atoms with E-state index >= 15 is 0 Å². The molecule has 0 aliphatic carbocycles. The summed E-state index contributed by atoms with van der Waals surface area (Å²) in [7, 11) is 0. The highest BCUT2D eigenvalue weighted by Gasteiger charge is 2.14. The molecule has 5 heteroatoms. The Kier molecular flexibility index (Phi) is 8.68. The maximum absolute atomic E-state index is 12.6. The summed E-state index contributed by atoms with van der Waals surface area (Å²) < 4.78 is 0. The van der Waals surface area contributed by atoms with E-state index in [4.69, 9.17) is 0 Å². The molecule has 2 N–H and O–H groups in total. The largest absolute Gasteiger partial charge is 0.339 e. The van der Waals surface area contributed by atoms with E-state index in [-0.39, 0.29) is 18.4 Å². The fraction of sp³-hybridized carbons (Fsp3) is 0.444. The number of hydrogen-bond donors (Lipinski definition) is 2. The van der Waals surface area contributed by atoms with Gasteiger partial charge in [-0.2, -0.15) is 0 Å². The second-order valence-corrected chi connectivity index (χ2v) is 5.34. The van der Waals surface area contributed by atoms with Crippen molar-refractivity contribution in [1.29, 1.82) is 0 Å². The molecule has 0 spiro atoms. The zero-order valence-electron chi connectivity index (χ0n) is 14.1. The SMILES string of the molecule is C=CCNCC(=O)Nc1cccc(C(=O)N(CCC)CCC)c1. The van der Waals surface area contributed by atoms with E-state index in [9.17, 15) is 9.59 Å². The van der Waals surface area contributed by atoms with Gasteiger partial charge in [-0.1, -0.05) is 26.0 Å². The first-order valence-corrected chi connectivity index (χ1v) is 8.13. The molecule has 126 valence electrons. The first-order valence-electron chi connectivity index (χ1n) is 8.13. The maximum atomic E-state index is 12.6. The molecule has 0 bridgehead atoms. The van der Waals surface area contributed by atoms with Crippen molar-refractivity contribution in [1.82, 2.24) is 10.2 Å². The number of rotatable bonds is 10. The minimum Gasteiger partial charge on any atom is -0.339 e. The van der Waals surface area contributed by atoms with Gasteiger partial charge in [0.2, 0.25) is 5.91 Å². The standard InChI is InChI=1S/C18H27N3O2/c1-4-10-19-14-17(22)20-16-9-7-8-15(13-16)18(23)21(11-5-2)12-6-3/h4,7-9,13,19H,1,5-6,10-12,14H2,2-3H3,(H,20,22). The first kappa shape index (κ1) is 18.9. The van der Waals surface area contributed by atoms with E-state index in [0.717, 1.165) is 25.9 Å². The van der Waals surface area contributed by atoms with Gasteiger partial charge in [0.15, 0.2) is 0 Å². The predicted molar refractivity (Wildman–Crippen MR) is 94.6 cm³/mol. The lowest BCUT2D eigenvalue weighted by Crippen LogP contribution is -2.32. The van der Waals surface area contributed by atoms with Gasteiger partial charge < -0.3 is 15.5 Å². The highest BCUT2D eigenvalue weighted by Crippen LogP contribution is 2.13. The number of benzene rings is 1. The molecule has 0 heterocycles. The van der Waals surface area contributed by atoms with Crippen molar-refractivity contribution in [3.63, 3.8) is 0 Å². The third-order valence-electron chi connectivity index (χ3n) is 3.24. The zero-order chi connectivity index (χ0) is 17.1. The van der Waals surface area contributed by atoms with Gasteiger partial charge in [0, 0.05) is 30.9 Å². The third-order valence-corrected chi connectivity index (χ3v) is 3.24. The summed E-state index contributed by atoms with van der Waals surface area (Å²) in [4.78, 5) is 26.2. The summed E-state index contributed by atoms with van der Waals surface area (Å²) in [5.74, 6) is -0.134. The fourth-order valence-corrected chi connectivity index (χ4v) is 2.26. The molecule has 0 aliphatic heterocycles. The summed E-state index contributed by atoms with van der Waals surface area (Å²) in [6.45, 7) is 9.98. The Labute approximate surface area is 138 Å². The van der Waals surface area contributed by atoms with E-state index < -0.39 is 0 Å². The molecule has 0 fully saturated rings. The summed E-state index contributed by atoms with van der Waals surface area (Å²) in [6, 6.07) is 7.08. The van der Waals surface area contributed by atoms with Crippen LogP contribution in [0.2, 0.25) is 0 Å². The van der Waals surface area contributed by atoms with Crippen LogP contribution in [0.25, 0.3) is 0 Å². The van der Waals surface area contributed by atoms with Crippen LogP contribution in [0.5, 0.6) is 0 Å². The monoisotopic (exact) mass is 317 g/mol. The molecule has 0 aromatic heterocycles. The van der Waals surface area contributed by atoms with Gasteiger partial charge in [0.05, 0.1) is 6.54 Å². The van der Waals surface area contributed by atoms with Crippen molar-refractivity contribution in [2.75, 3.05) is 31.5 Å². The Bertz CT molecular complexity index is 523. The fourth-order valence-electron chi connectivity index (χ4n) is 2.26. The average Bonchev–Trinajstić information content (AvgIpc) is 2.54. The van der Waals surface area contributed by atoms with Crippen molar-refractivity contribution in [2.45, 2.75) is 26.7 Å². The van der Waals surface area contributed by atoms with Gasteiger partial charge in [0.25, 0.3) is 5.91 Å². The smallest absolute Gasteiger partial charge is 0.253 e. The molecular weight excluding hydrogens is 290 g/mol. The summed E-state index contributed by atoms with van der Waals surface area (Å²) >= 11 is 0. The van der Waals surface area contributed by atoms with Gasteiger partial charge in [-0.05, 0) is 31.0 Å². The molecule has 0 radical (unpaired) electrons. The van der Waals surface area contributed by atoms with Gasteiger partial charge in [-0.15, -0.1) is 6.58 Å². The molecule has 1 aromatic rings. The second-order valence-electron chi connectivity index (χ2n) is 5.34. The van der Waals surface area contributed by atoms with Crippen molar-refractivity contribution < 1.29 is 9.59 Å². The number of nitrogens with zero attached hydrogens (tertiary/aromatic N) is 1. The quantitative estimate of drug-likeness (QED) is 0.515. The van der Waals surface area contributed by atoms with Crippen LogP contribution in [0.1, 0.15) is 37.0 Å². The molecule has 0 atom stereocenters. The predicted octanol–water partition coefficient (Wildman–Crippen LogP) is 2.66.